The highest BCUT2D eigenvalue weighted by molar-refractivity contribution is 4.81. The van der Waals surface area contributed by atoms with Gasteiger partial charge >= 0.3 is 6.05 Å². The first-order valence-electron chi connectivity index (χ1n) is 5.48. The van der Waals surface area contributed by atoms with Gasteiger partial charge in [0.1, 0.15) is 6.61 Å². The maximum atomic E-state index is 13.0. The van der Waals surface area contributed by atoms with E-state index in [2.05, 4.69) is 0 Å². The van der Waals surface area contributed by atoms with E-state index in [1.807, 2.05) is 0 Å². The van der Waals surface area contributed by atoms with Gasteiger partial charge in [-0.2, -0.15) is 8.78 Å². The Labute approximate surface area is 89.0 Å². The Morgan fingerprint density at radius 3 is 2.40 bits per heavy atom. The maximum Gasteiger partial charge on any atom is 0.328 e. The van der Waals surface area contributed by atoms with Gasteiger partial charge in [0.05, 0.1) is 0 Å². The van der Waals surface area contributed by atoms with Crippen LogP contribution in [0, 0.1) is 0 Å². The number of aliphatic hydroxyl groups excluding tert-OH is 1. The number of aliphatic hydroxyl groups is 1. The van der Waals surface area contributed by atoms with Crippen molar-refractivity contribution in [3.8, 4) is 0 Å². The zero-order valence-electron chi connectivity index (χ0n) is 8.92. The summed E-state index contributed by atoms with van der Waals surface area (Å²) in [6.45, 7) is 1.05. The standard InChI is InChI=1S/C10H19F2NO2/c11-10(12,13-5-6-13)9-15-8-4-2-1-3-7-14/h14H,1-9H2. The lowest BCUT2D eigenvalue weighted by Gasteiger charge is -2.16. The van der Waals surface area contributed by atoms with Crippen LogP contribution in [0.3, 0.4) is 0 Å². The van der Waals surface area contributed by atoms with E-state index in [-0.39, 0.29) is 6.61 Å². The van der Waals surface area contributed by atoms with Gasteiger partial charge in [-0.3, -0.25) is 0 Å². The summed E-state index contributed by atoms with van der Waals surface area (Å²) in [5.41, 5.74) is 0. The smallest absolute Gasteiger partial charge is 0.328 e. The SMILES string of the molecule is OCCCCCCOCC(F)(F)N1CC1. The number of hydrogen-bond donors (Lipinski definition) is 1. The lowest BCUT2D eigenvalue weighted by atomic mass is 10.2. The Balaban J connectivity index is 1.88. The summed E-state index contributed by atoms with van der Waals surface area (Å²) in [5, 5.41) is 8.51. The topological polar surface area (TPSA) is 32.5 Å². The van der Waals surface area contributed by atoms with Crippen LogP contribution in [0.15, 0.2) is 0 Å². The lowest BCUT2D eigenvalue weighted by Crippen LogP contribution is -2.32. The molecule has 1 heterocycles. The molecule has 1 saturated heterocycles. The minimum atomic E-state index is -2.77. The molecule has 5 heteroatoms. The van der Waals surface area contributed by atoms with Gasteiger partial charge in [-0.1, -0.05) is 12.8 Å². The minimum Gasteiger partial charge on any atom is -0.396 e. The van der Waals surface area contributed by atoms with Crippen molar-refractivity contribution >= 4 is 0 Å². The third kappa shape index (κ3) is 5.39. The van der Waals surface area contributed by atoms with Crippen molar-refractivity contribution in [2.24, 2.45) is 0 Å². The third-order valence-electron chi connectivity index (χ3n) is 2.38. The van der Waals surface area contributed by atoms with Crippen LogP contribution in [0.4, 0.5) is 8.78 Å². The number of halogens is 2. The number of alkyl halides is 2. The molecule has 3 nitrogen and oxygen atoms in total. The number of ether oxygens (including phenoxy) is 1. The molecule has 1 aliphatic heterocycles. The first-order valence-corrected chi connectivity index (χ1v) is 5.48. The van der Waals surface area contributed by atoms with E-state index in [1.165, 1.54) is 0 Å². The molecular weight excluding hydrogens is 204 g/mol. The second kappa shape index (κ2) is 6.35. The van der Waals surface area contributed by atoms with E-state index in [1.54, 1.807) is 0 Å². The van der Waals surface area contributed by atoms with Crippen LogP contribution in [0.2, 0.25) is 0 Å². The molecule has 0 amide bonds. The van der Waals surface area contributed by atoms with Gasteiger partial charge in [0, 0.05) is 26.3 Å². The Hall–Kier alpha value is -0.260. The molecule has 1 fully saturated rings. The average Bonchev–Trinajstić information content (AvgIpc) is 2.99. The van der Waals surface area contributed by atoms with E-state index < -0.39 is 12.7 Å². The summed E-state index contributed by atoms with van der Waals surface area (Å²) in [4.78, 5) is 1.10. The van der Waals surface area contributed by atoms with Gasteiger partial charge in [0.15, 0.2) is 0 Å². The zero-order chi connectivity index (χ0) is 11.1. The van der Waals surface area contributed by atoms with Crippen molar-refractivity contribution in [1.82, 2.24) is 4.90 Å². The fourth-order valence-electron chi connectivity index (χ4n) is 1.33. The van der Waals surface area contributed by atoms with Crippen molar-refractivity contribution in [3.63, 3.8) is 0 Å². The summed E-state index contributed by atoms with van der Waals surface area (Å²) in [6.07, 6.45) is 3.43. The molecule has 1 aliphatic rings. The highest BCUT2D eigenvalue weighted by atomic mass is 19.3. The zero-order valence-corrected chi connectivity index (χ0v) is 8.92. The van der Waals surface area contributed by atoms with Crippen LogP contribution < -0.4 is 0 Å². The molecule has 90 valence electrons. The van der Waals surface area contributed by atoms with Crippen molar-refractivity contribution in [2.75, 3.05) is 32.9 Å². The van der Waals surface area contributed by atoms with Crippen LogP contribution in [0.25, 0.3) is 0 Å². The second-order valence-corrected chi connectivity index (χ2v) is 3.84. The second-order valence-electron chi connectivity index (χ2n) is 3.84. The van der Waals surface area contributed by atoms with Crippen LogP contribution in [0.1, 0.15) is 25.7 Å². The molecule has 1 N–H and O–H groups in total. The first kappa shape index (κ1) is 12.8. The summed E-state index contributed by atoms with van der Waals surface area (Å²) in [6, 6.07) is -2.77. The summed E-state index contributed by atoms with van der Waals surface area (Å²) < 4.78 is 30.9. The molecule has 0 saturated carbocycles. The molecule has 0 aromatic rings. The normalized spacial score (nSPS) is 17.0. The summed E-state index contributed by atoms with van der Waals surface area (Å²) in [7, 11) is 0. The number of rotatable bonds is 9. The fraction of sp³-hybridized carbons (Fsp3) is 1.00. The van der Waals surface area contributed by atoms with Crippen molar-refractivity contribution < 1.29 is 18.6 Å². The van der Waals surface area contributed by atoms with Gasteiger partial charge in [-0.25, -0.2) is 4.90 Å². The molecule has 15 heavy (non-hydrogen) atoms. The van der Waals surface area contributed by atoms with Crippen LogP contribution in [-0.4, -0.2) is 49.0 Å². The van der Waals surface area contributed by atoms with Gasteiger partial charge in [0.25, 0.3) is 0 Å². The third-order valence-corrected chi connectivity index (χ3v) is 2.38. The van der Waals surface area contributed by atoms with E-state index in [4.69, 9.17) is 9.84 Å². The van der Waals surface area contributed by atoms with Gasteiger partial charge in [-0.05, 0) is 12.8 Å². The highest BCUT2D eigenvalue weighted by Crippen LogP contribution is 2.26. The van der Waals surface area contributed by atoms with Gasteiger partial charge < -0.3 is 9.84 Å². The van der Waals surface area contributed by atoms with Gasteiger partial charge in [0.2, 0.25) is 0 Å². The molecule has 0 radical (unpaired) electrons. The minimum absolute atomic E-state index is 0.202. The summed E-state index contributed by atoms with van der Waals surface area (Å²) in [5.74, 6) is 0. The molecule has 0 atom stereocenters. The molecule has 0 bridgehead atoms. The maximum absolute atomic E-state index is 13.0. The number of hydrogen-bond acceptors (Lipinski definition) is 3. The first-order chi connectivity index (χ1) is 7.17. The molecular formula is C10H19F2NO2. The van der Waals surface area contributed by atoms with Crippen molar-refractivity contribution in [3.05, 3.63) is 0 Å². The quantitative estimate of drug-likeness (QED) is 0.365. The van der Waals surface area contributed by atoms with Gasteiger partial charge in [-0.15, -0.1) is 0 Å². The predicted octanol–water partition coefficient (Wildman–Crippen LogP) is 1.46. The molecule has 0 aromatic heterocycles. The largest absolute Gasteiger partial charge is 0.396 e. The van der Waals surface area contributed by atoms with Crippen LogP contribution in [0.5, 0.6) is 0 Å². The molecule has 0 spiro atoms. The molecule has 0 aromatic carbocycles. The average molecular weight is 223 g/mol. The monoisotopic (exact) mass is 223 g/mol. The fourth-order valence-corrected chi connectivity index (χ4v) is 1.33. The van der Waals surface area contributed by atoms with Crippen LogP contribution >= 0.6 is 0 Å². The van der Waals surface area contributed by atoms with Crippen molar-refractivity contribution in [1.29, 1.82) is 0 Å². The summed E-state index contributed by atoms with van der Waals surface area (Å²) >= 11 is 0. The Morgan fingerprint density at radius 1 is 1.13 bits per heavy atom. The van der Waals surface area contributed by atoms with Crippen molar-refractivity contribution in [2.45, 2.75) is 31.7 Å². The van der Waals surface area contributed by atoms with E-state index in [9.17, 15) is 8.78 Å². The highest BCUT2D eigenvalue weighted by Gasteiger charge is 2.43. The van der Waals surface area contributed by atoms with E-state index in [0.717, 1.165) is 30.6 Å². The Morgan fingerprint density at radius 2 is 1.80 bits per heavy atom. The molecule has 0 aliphatic carbocycles. The number of nitrogens with zero attached hydrogens (tertiary/aromatic N) is 1. The predicted molar refractivity (Wildman–Crippen MR) is 52.9 cm³/mol. The van der Waals surface area contributed by atoms with E-state index >= 15 is 0 Å². The molecule has 1 rings (SSSR count). The Bertz CT molecular complexity index is 175. The Kier molecular flexibility index (Phi) is 5.42. The van der Waals surface area contributed by atoms with Crippen LogP contribution in [-0.2, 0) is 4.74 Å². The molecule has 0 unspecified atom stereocenters. The lowest BCUT2D eigenvalue weighted by molar-refractivity contribution is -0.143. The van der Waals surface area contributed by atoms with E-state index in [0.29, 0.717) is 19.7 Å². The number of unbranched alkanes of at least 4 members (excludes halogenated alkanes) is 3.